The van der Waals surface area contributed by atoms with Gasteiger partial charge in [0.2, 0.25) is 0 Å². The van der Waals surface area contributed by atoms with Crippen LogP contribution in [0.3, 0.4) is 0 Å². The van der Waals surface area contributed by atoms with Gasteiger partial charge < -0.3 is 15.0 Å². The smallest absolute Gasteiger partial charge is 0.325 e. The highest BCUT2D eigenvalue weighted by Gasteiger charge is 2.27. The van der Waals surface area contributed by atoms with Crippen molar-refractivity contribution in [2.75, 3.05) is 19.7 Å². The minimum absolute atomic E-state index is 0.0691. The van der Waals surface area contributed by atoms with Crippen molar-refractivity contribution in [3.05, 3.63) is 22.4 Å². The Morgan fingerprint density at radius 1 is 1.43 bits per heavy atom. The average molecular weight is 310 g/mol. The fourth-order valence-corrected chi connectivity index (χ4v) is 3.46. The zero-order valence-electron chi connectivity index (χ0n) is 12.3. The molecule has 1 aromatic rings. The highest BCUT2D eigenvalue weighted by molar-refractivity contribution is 7.10. The second-order valence-corrected chi connectivity index (χ2v) is 6.02. The standard InChI is InChI=1S/C15H22N2O3S/c1-2-20-14(18)11-16-15(19)17-9-5-3-4-7-12(17)13-8-6-10-21-13/h6,8,10,12H,2-5,7,9,11H2,1H3,(H,16,19). The molecule has 0 aromatic carbocycles. The normalized spacial score (nSPS) is 18.9. The fraction of sp³-hybridized carbons (Fsp3) is 0.600. The molecule has 0 saturated carbocycles. The van der Waals surface area contributed by atoms with Crippen LogP contribution in [0.4, 0.5) is 4.79 Å². The summed E-state index contributed by atoms with van der Waals surface area (Å²) < 4.78 is 4.83. The molecule has 1 N–H and O–H groups in total. The Bertz CT molecular complexity index is 461. The fourth-order valence-electron chi connectivity index (χ4n) is 2.59. The molecule has 6 heteroatoms. The number of ether oxygens (including phenoxy) is 1. The Morgan fingerprint density at radius 2 is 2.29 bits per heavy atom. The minimum Gasteiger partial charge on any atom is -0.465 e. The predicted molar refractivity (Wildman–Crippen MR) is 82.3 cm³/mol. The lowest BCUT2D eigenvalue weighted by Gasteiger charge is -2.29. The van der Waals surface area contributed by atoms with Gasteiger partial charge >= 0.3 is 12.0 Å². The number of hydrogen-bond acceptors (Lipinski definition) is 4. The molecule has 0 aliphatic carbocycles. The highest BCUT2D eigenvalue weighted by Crippen LogP contribution is 2.32. The van der Waals surface area contributed by atoms with Gasteiger partial charge in [-0.05, 0) is 31.2 Å². The first-order valence-corrected chi connectivity index (χ1v) is 8.34. The Labute approximate surface area is 129 Å². The van der Waals surface area contributed by atoms with Crippen molar-refractivity contribution in [3.8, 4) is 0 Å². The molecule has 0 bridgehead atoms. The summed E-state index contributed by atoms with van der Waals surface area (Å²) in [4.78, 5) is 26.8. The van der Waals surface area contributed by atoms with E-state index in [0.29, 0.717) is 6.61 Å². The van der Waals surface area contributed by atoms with Gasteiger partial charge in [0.05, 0.1) is 12.6 Å². The minimum atomic E-state index is -0.395. The first-order chi connectivity index (χ1) is 10.2. The van der Waals surface area contributed by atoms with Gasteiger partial charge in [0.25, 0.3) is 0 Å². The van der Waals surface area contributed by atoms with Gasteiger partial charge in [-0.1, -0.05) is 18.9 Å². The molecule has 1 aromatic heterocycles. The molecule has 2 heterocycles. The first-order valence-electron chi connectivity index (χ1n) is 7.46. The van der Waals surface area contributed by atoms with E-state index >= 15 is 0 Å². The molecule has 1 aliphatic heterocycles. The molecule has 1 saturated heterocycles. The van der Waals surface area contributed by atoms with Crippen molar-refractivity contribution in [2.24, 2.45) is 0 Å². The van der Waals surface area contributed by atoms with E-state index in [2.05, 4.69) is 11.4 Å². The summed E-state index contributed by atoms with van der Waals surface area (Å²) in [5.41, 5.74) is 0. The van der Waals surface area contributed by atoms with E-state index in [1.165, 1.54) is 4.88 Å². The van der Waals surface area contributed by atoms with E-state index in [0.717, 1.165) is 32.2 Å². The first kappa shape index (κ1) is 15.8. The lowest BCUT2D eigenvalue weighted by molar-refractivity contribution is -0.141. The van der Waals surface area contributed by atoms with E-state index < -0.39 is 5.97 Å². The van der Waals surface area contributed by atoms with Crippen LogP contribution in [-0.4, -0.2) is 36.6 Å². The highest BCUT2D eigenvalue weighted by atomic mass is 32.1. The third-order valence-electron chi connectivity index (χ3n) is 3.57. The largest absolute Gasteiger partial charge is 0.465 e. The maximum absolute atomic E-state index is 12.4. The SMILES string of the molecule is CCOC(=O)CNC(=O)N1CCCCCC1c1cccs1. The summed E-state index contributed by atoms with van der Waals surface area (Å²) in [6, 6.07) is 4.03. The summed E-state index contributed by atoms with van der Waals surface area (Å²) in [5.74, 6) is -0.395. The van der Waals surface area contributed by atoms with Crippen LogP contribution >= 0.6 is 11.3 Å². The number of hydrogen-bond donors (Lipinski definition) is 1. The molecule has 5 nitrogen and oxygen atoms in total. The van der Waals surface area contributed by atoms with Crippen molar-refractivity contribution in [1.82, 2.24) is 10.2 Å². The van der Waals surface area contributed by atoms with Crippen LogP contribution in [0.5, 0.6) is 0 Å². The summed E-state index contributed by atoms with van der Waals surface area (Å²) in [6.07, 6.45) is 4.26. The van der Waals surface area contributed by atoms with Crippen LogP contribution in [0.15, 0.2) is 17.5 Å². The number of likely N-dealkylation sites (tertiary alicyclic amines) is 1. The van der Waals surface area contributed by atoms with Crippen molar-refractivity contribution in [1.29, 1.82) is 0 Å². The van der Waals surface area contributed by atoms with E-state index in [1.807, 2.05) is 16.3 Å². The van der Waals surface area contributed by atoms with Crippen LogP contribution in [0.2, 0.25) is 0 Å². The van der Waals surface area contributed by atoms with E-state index in [1.54, 1.807) is 18.3 Å². The Balaban J connectivity index is 1.99. The van der Waals surface area contributed by atoms with Gasteiger partial charge in [0, 0.05) is 11.4 Å². The molecule has 116 valence electrons. The van der Waals surface area contributed by atoms with Gasteiger partial charge in [-0.3, -0.25) is 4.79 Å². The summed E-state index contributed by atoms with van der Waals surface area (Å²) in [5, 5.41) is 4.71. The van der Waals surface area contributed by atoms with Gasteiger partial charge in [0.15, 0.2) is 0 Å². The molecular formula is C15H22N2O3S. The maximum Gasteiger partial charge on any atom is 0.325 e. The van der Waals surface area contributed by atoms with Crippen LogP contribution in [0.1, 0.15) is 43.5 Å². The monoisotopic (exact) mass is 310 g/mol. The van der Waals surface area contributed by atoms with Crippen molar-refractivity contribution < 1.29 is 14.3 Å². The van der Waals surface area contributed by atoms with Crippen LogP contribution in [0, 0.1) is 0 Å². The third kappa shape index (κ3) is 4.46. The molecule has 1 unspecified atom stereocenters. The molecule has 1 fully saturated rings. The average Bonchev–Trinajstić information content (AvgIpc) is 2.89. The van der Waals surface area contributed by atoms with E-state index in [9.17, 15) is 9.59 Å². The van der Waals surface area contributed by atoms with Gasteiger partial charge in [0.1, 0.15) is 6.54 Å². The number of nitrogens with one attached hydrogen (secondary N) is 1. The Kier molecular flexibility index (Phi) is 6.04. The molecule has 0 radical (unpaired) electrons. The van der Waals surface area contributed by atoms with Crippen LogP contribution in [0.25, 0.3) is 0 Å². The molecule has 2 amide bonds. The lowest BCUT2D eigenvalue weighted by atomic mass is 10.1. The molecule has 0 spiro atoms. The van der Waals surface area contributed by atoms with Crippen molar-refractivity contribution in [2.45, 2.75) is 38.6 Å². The van der Waals surface area contributed by atoms with Crippen LogP contribution in [-0.2, 0) is 9.53 Å². The van der Waals surface area contributed by atoms with Gasteiger partial charge in [-0.2, -0.15) is 0 Å². The number of carbonyl (C=O) groups is 2. The maximum atomic E-state index is 12.4. The number of amides is 2. The van der Waals surface area contributed by atoms with Gasteiger partial charge in [-0.25, -0.2) is 4.79 Å². The molecular weight excluding hydrogens is 288 g/mol. The predicted octanol–water partition coefficient (Wildman–Crippen LogP) is 2.94. The number of urea groups is 1. The quantitative estimate of drug-likeness (QED) is 0.870. The number of nitrogens with zero attached hydrogens (tertiary/aromatic N) is 1. The van der Waals surface area contributed by atoms with E-state index in [4.69, 9.17) is 4.74 Å². The number of thiophene rings is 1. The summed E-state index contributed by atoms with van der Waals surface area (Å²) in [7, 11) is 0. The van der Waals surface area contributed by atoms with Crippen molar-refractivity contribution >= 4 is 23.3 Å². The molecule has 2 rings (SSSR count). The third-order valence-corrected chi connectivity index (χ3v) is 4.55. The van der Waals surface area contributed by atoms with Gasteiger partial charge in [-0.15, -0.1) is 11.3 Å². The molecule has 1 aliphatic rings. The summed E-state index contributed by atoms with van der Waals surface area (Å²) in [6.45, 7) is 2.75. The zero-order valence-corrected chi connectivity index (χ0v) is 13.2. The molecule has 21 heavy (non-hydrogen) atoms. The second-order valence-electron chi connectivity index (χ2n) is 5.04. The lowest BCUT2D eigenvalue weighted by Crippen LogP contribution is -2.44. The second kappa shape index (κ2) is 8.02. The number of carbonyl (C=O) groups excluding carboxylic acids is 2. The van der Waals surface area contributed by atoms with Crippen molar-refractivity contribution in [3.63, 3.8) is 0 Å². The topological polar surface area (TPSA) is 58.6 Å². The Hall–Kier alpha value is -1.56. The number of esters is 1. The van der Waals surface area contributed by atoms with E-state index in [-0.39, 0.29) is 18.6 Å². The Morgan fingerprint density at radius 3 is 3.00 bits per heavy atom. The molecule has 1 atom stereocenters. The summed E-state index contributed by atoms with van der Waals surface area (Å²) >= 11 is 1.68. The zero-order chi connectivity index (χ0) is 15.1. The van der Waals surface area contributed by atoms with Crippen LogP contribution < -0.4 is 5.32 Å². The number of rotatable bonds is 4.